The molecule has 0 atom stereocenters. The number of benzene rings is 1. The van der Waals surface area contributed by atoms with E-state index in [4.69, 9.17) is 0 Å². The predicted octanol–water partition coefficient (Wildman–Crippen LogP) is 1.15. The number of anilines is 2. The number of nitrogens with one attached hydrogen (secondary N) is 3. The third kappa shape index (κ3) is 3.71. The van der Waals surface area contributed by atoms with E-state index in [9.17, 15) is 9.59 Å². The summed E-state index contributed by atoms with van der Waals surface area (Å²) in [5.74, 6) is -0.0420. The molecule has 20 heavy (non-hydrogen) atoms. The zero-order valence-corrected chi connectivity index (χ0v) is 11.6. The van der Waals surface area contributed by atoms with Crippen molar-refractivity contribution in [3.05, 3.63) is 24.3 Å². The smallest absolute Gasteiger partial charge is 0.321 e. The summed E-state index contributed by atoms with van der Waals surface area (Å²) in [5.41, 5.74) is 1.51. The topological polar surface area (TPSA) is 73.5 Å². The molecule has 3 N–H and O–H groups in total. The Bertz CT molecular complexity index is 490. The van der Waals surface area contributed by atoms with Crippen molar-refractivity contribution in [2.24, 2.45) is 0 Å². The molecule has 2 rings (SSSR count). The first-order valence-corrected chi connectivity index (χ1v) is 6.80. The lowest BCUT2D eigenvalue weighted by Crippen LogP contribution is -2.46. The van der Waals surface area contributed by atoms with Crippen molar-refractivity contribution in [1.29, 1.82) is 0 Å². The number of rotatable bonds is 5. The van der Waals surface area contributed by atoms with Crippen molar-refractivity contribution in [1.82, 2.24) is 10.6 Å². The normalized spacial score (nSPS) is 14.8. The van der Waals surface area contributed by atoms with Gasteiger partial charge in [-0.3, -0.25) is 9.69 Å². The molecule has 0 unspecified atom stereocenters. The molecular formula is C14H20N4O2. The van der Waals surface area contributed by atoms with E-state index in [1.54, 1.807) is 4.90 Å². The molecule has 0 aliphatic carbocycles. The summed E-state index contributed by atoms with van der Waals surface area (Å²) < 4.78 is 0. The molecule has 0 radical (unpaired) electrons. The maximum atomic E-state index is 11.8. The number of carbonyl (C=O) groups excluding carboxylic acids is 2. The number of hydrogen-bond donors (Lipinski definition) is 3. The van der Waals surface area contributed by atoms with Gasteiger partial charge in [-0.1, -0.05) is 6.07 Å². The van der Waals surface area contributed by atoms with Gasteiger partial charge in [0.25, 0.3) is 0 Å². The highest BCUT2D eigenvalue weighted by Gasteiger charge is 2.19. The molecule has 3 amide bonds. The Kier molecular flexibility index (Phi) is 4.95. The summed E-state index contributed by atoms with van der Waals surface area (Å²) >= 11 is 0. The highest BCUT2D eigenvalue weighted by molar-refractivity contribution is 5.95. The van der Waals surface area contributed by atoms with Crippen molar-refractivity contribution in [3.8, 4) is 0 Å². The first-order chi connectivity index (χ1) is 9.70. The molecule has 1 aromatic rings. The largest absolute Gasteiger partial charge is 0.338 e. The van der Waals surface area contributed by atoms with E-state index >= 15 is 0 Å². The fourth-order valence-electron chi connectivity index (χ4n) is 2.09. The summed E-state index contributed by atoms with van der Waals surface area (Å²) in [4.78, 5) is 25.2. The SMILES string of the molecule is CNCCC(=O)Nc1cccc(N2CCCNC2=O)c1. The van der Waals surface area contributed by atoms with Crippen molar-refractivity contribution >= 4 is 23.3 Å². The summed E-state index contributed by atoms with van der Waals surface area (Å²) in [6, 6.07) is 7.26. The number of hydrogen-bond acceptors (Lipinski definition) is 3. The fraction of sp³-hybridized carbons (Fsp3) is 0.429. The lowest BCUT2D eigenvalue weighted by Gasteiger charge is -2.27. The third-order valence-corrected chi connectivity index (χ3v) is 3.12. The highest BCUT2D eigenvalue weighted by Crippen LogP contribution is 2.21. The second-order valence-electron chi connectivity index (χ2n) is 4.69. The molecule has 0 aromatic heterocycles. The van der Waals surface area contributed by atoms with Crippen molar-refractivity contribution < 1.29 is 9.59 Å². The lowest BCUT2D eigenvalue weighted by atomic mass is 10.2. The van der Waals surface area contributed by atoms with Crippen LogP contribution >= 0.6 is 0 Å². The summed E-state index contributed by atoms with van der Waals surface area (Å²) in [6.45, 7) is 2.05. The number of amides is 3. The quantitative estimate of drug-likeness (QED) is 0.755. The minimum Gasteiger partial charge on any atom is -0.338 e. The van der Waals surface area contributed by atoms with Gasteiger partial charge in [0.1, 0.15) is 0 Å². The van der Waals surface area contributed by atoms with Gasteiger partial charge in [0.15, 0.2) is 0 Å². The van der Waals surface area contributed by atoms with Gasteiger partial charge in [-0.25, -0.2) is 4.79 Å². The molecule has 6 nitrogen and oxygen atoms in total. The Morgan fingerprint density at radius 3 is 3.05 bits per heavy atom. The van der Waals surface area contributed by atoms with Crippen LogP contribution in [0.2, 0.25) is 0 Å². The van der Waals surface area contributed by atoms with E-state index in [1.807, 2.05) is 31.3 Å². The molecule has 1 saturated heterocycles. The second-order valence-corrected chi connectivity index (χ2v) is 4.69. The van der Waals surface area contributed by atoms with Crippen molar-refractivity contribution in [2.75, 3.05) is 36.9 Å². The summed E-state index contributed by atoms with van der Waals surface area (Å²) in [6.07, 6.45) is 1.34. The molecular weight excluding hydrogens is 256 g/mol. The average molecular weight is 276 g/mol. The maximum Gasteiger partial charge on any atom is 0.321 e. The van der Waals surface area contributed by atoms with Crippen LogP contribution in [0.15, 0.2) is 24.3 Å². The molecule has 1 aliphatic heterocycles. The Morgan fingerprint density at radius 2 is 2.30 bits per heavy atom. The number of nitrogens with zero attached hydrogens (tertiary/aromatic N) is 1. The lowest BCUT2D eigenvalue weighted by molar-refractivity contribution is -0.116. The van der Waals surface area contributed by atoms with Gasteiger partial charge >= 0.3 is 6.03 Å². The summed E-state index contributed by atoms with van der Waals surface area (Å²) in [5, 5.41) is 8.58. The Labute approximate surface area is 118 Å². The molecule has 0 bridgehead atoms. The van der Waals surface area contributed by atoms with Crippen molar-refractivity contribution in [2.45, 2.75) is 12.8 Å². The Balaban J connectivity index is 2.03. The minimum atomic E-state index is -0.0880. The first-order valence-electron chi connectivity index (χ1n) is 6.80. The molecule has 108 valence electrons. The Hall–Kier alpha value is -2.08. The van der Waals surface area contributed by atoms with E-state index in [0.29, 0.717) is 25.2 Å². The standard InChI is InChI=1S/C14H20N4O2/c1-15-8-6-13(19)17-11-4-2-5-12(10-11)18-9-3-7-16-14(18)20/h2,4-5,10,15H,3,6-9H2,1H3,(H,16,20)(H,17,19). The van der Waals surface area contributed by atoms with E-state index in [1.165, 1.54) is 0 Å². The van der Waals surface area contributed by atoms with Crippen LogP contribution in [0.4, 0.5) is 16.2 Å². The van der Waals surface area contributed by atoms with Gasteiger partial charge in [0.2, 0.25) is 5.91 Å². The van der Waals surface area contributed by atoms with E-state index < -0.39 is 0 Å². The van der Waals surface area contributed by atoms with Crippen LogP contribution in [-0.2, 0) is 4.79 Å². The summed E-state index contributed by atoms with van der Waals surface area (Å²) in [7, 11) is 1.81. The number of urea groups is 1. The zero-order valence-electron chi connectivity index (χ0n) is 11.6. The zero-order chi connectivity index (χ0) is 14.4. The van der Waals surface area contributed by atoms with Crippen LogP contribution in [-0.4, -0.2) is 38.6 Å². The van der Waals surface area contributed by atoms with Gasteiger partial charge in [-0.05, 0) is 31.7 Å². The third-order valence-electron chi connectivity index (χ3n) is 3.12. The van der Waals surface area contributed by atoms with Crippen LogP contribution in [0.3, 0.4) is 0 Å². The number of carbonyl (C=O) groups is 2. The van der Waals surface area contributed by atoms with Crippen LogP contribution in [0.25, 0.3) is 0 Å². The second kappa shape index (κ2) is 6.91. The van der Waals surface area contributed by atoms with Crippen LogP contribution in [0.5, 0.6) is 0 Å². The van der Waals surface area contributed by atoms with E-state index in [-0.39, 0.29) is 11.9 Å². The predicted molar refractivity (Wildman–Crippen MR) is 79.0 cm³/mol. The molecule has 1 heterocycles. The fourth-order valence-corrected chi connectivity index (χ4v) is 2.09. The van der Waals surface area contributed by atoms with Gasteiger partial charge in [0, 0.05) is 37.4 Å². The first kappa shape index (κ1) is 14.3. The van der Waals surface area contributed by atoms with Gasteiger partial charge < -0.3 is 16.0 Å². The molecule has 0 spiro atoms. The molecule has 1 aromatic carbocycles. The van der Waals surface area contributed by atoms with Crippen molar-refractivity contribution in [3.63, 3.8) is 0 Å². The van der Waals surface area contributed by atoms with Crippen LogP contribution in [0.1, 0.15) is 12.8 Å². The molecule has 6 heteroatoms. The van der Waals surface area contributed by atoms with E-state index in [2.05, 4.69) is 16.0 Å². The van der Waals surface area contributed by atoms with Gasteiger partial charge in [-0.15, -0.1) is 0 Å². The van der Waals surface area contributed by atoms with Gasteiger partial charge in [-0.2, -0.15) is 0 Å². The Morgan fingerprint density at radius 1 is 1.45 bits per heavy atom. The average Bonchev–Trinajstić information content (AvgIpc) is 2.46. The minimum absolute atomic E-state index is 0.0420. The van der Waals surface area contributed by atoms with Crippen LogP contribution < -0.4 is 20.9 Å². The van der Waals surface area contributed by atoms with Crippen LogP contribution in [0, 0.1) is 0 Å². The van der Waals surface area contributed by atoms with E-state index in [0.717, 1.165) is 18.7 Å². The van der Waals surface area contributed by atoms with Gasteiger partial charge in [0.05, 0.1) is 0 Å². The molecule has 0 saturated carbocycles. The molecule has 1 fully saturated rings. The highest BCUT2D eigenvalue weighted by atomic mass is 16.2. The maximum absolute atomic E-state index is 11.8. The molecule has 1 aliphatic rings. The monoisotopic (exact) mass is 276 g/mol.